The number of nitrogens with zero attached hydrogens (tertiary/aromatic N) is 1. The van der Waals surface area contributed by atoms with Gasteiger partial charge in [-0.25, -0.2) is 12.7 Å². The van der Waals surface area contributed by atoms with E-state index in [1.165, 1.54) is 50.5 Å². The van der Waals surface area contributed by atoms with Gasteiger partial charge in [0, 0.05) is 31.4 Å². The van der Waals surface area contributed by atoms with Gasteiger partial charge in [-0.1, -0.05) is 12.1 Å². The lowest BCUT2D eigenvalue weighted by Gasteiger charge is -2.13. The largest absolute Gasteiger partial charge is 0.573 e. The molecule has 0 bridgehead atoms. The van der Waals surface area contributed by atoms with Gasteiger partial charge in [0.15, 0.2) is 0 Å². The summed E-state index contributed by atoms with van der Waals surface area (Å²) < 4.78 is 65.8. The minimum atomic E-state index is -4.85. The van der Waals surface area contributed by atoms with Gasteiger partial charge in [-0.05, 0) is 30.3 Å². The fourth-order valence-electron chi connectivity index (χ4n) is 1.98. The van der Waals surface area contributed by atoms with Crippen molar-refractivity contribution < 1.29 is 31.1 Å². The molecule has 140 valence electrons. The molecule has 0 heterocycles. The van der Waals surface area contributed by atoms with E-state index in [0.717, 1.165) is 16.4 Å². The molecule has 26 heavy (non-hydrogen) atoms. The third-order valence-electron chi connectivity index (χ3n) is 3.20. The Morgan fingerprint density at radius 3 is 2.35 bits per heavy atom. The zero-order valence-corrected chi connectivity index (χ0v) is 14.6. The van der Waals surface area contributed by atoms with E-state index < -0.39 is 28.0 Å². The molecule has 6 nitrogen and oxygen atoms in total. The van der Waals surface area contributed by atoms with Gasteiger partial charge in [0.25, 0.3) is 5.91 Å². The SMILES string of the molecule is CN(C)S(=O)(=O)c1cccc(C(=O)Nc2cccc(OC(F)(F)F)c2)c1. The van der Waals surface area contributed by atoms with Crippen LogP contribution in [0.5, 0.6) is 5.75 Å². The first kappa shape index (κ1) is 19.7. The maximum atomic E-state index is 12.3. The Bertz CT molecular complexity index is 912. The van der Waals surface area contributed by atoms with Crippen LogP contribution >= 0.6 is 0 Å². The number of carbonyl (C=O) groups excluding carboxylic acids is 1. The smallest absolute Gasteiger partial charge is 0.406 e. The van der Waals surface area contributed by atoms with E-state index >= 15 is 0 Å². The molecular formula is C16H15F3N2O4S. The number of hydrogen-bond acceptors (Lipinski definition) is 4. The summed E-state index contributed by atoms with van der Waals surface area (Å²) in [5.74, 6) is -1.16. The lowest BCUT2D eigenvalue weighted by molar-refractivity contribution is -0.274. The summed E-state index contributed by atoms with van der Waals surface area (Å²) in [6.07, 6.45) is -4.85. The Labute approximate surface area is 148 Å². The maximum absolute atomic E-state index is 12.3. The van der Waals surface area contributed by atoms with Gasteiger partial charge in [-0.3, -0.25) is 4.79 Å². The molecule has 0 saturated carbocycles. The van der Waals surface area contributed by atoms with Crippen molar-refractivity contribution in [1.29, 1.82) is 0 Å². The highest BCUT2D eigenvalue weighted by atomic mass is 32.2. The highest BCUT2D eigenvalue weighted by molar-refractivity contribution is 7.89. The second kappa shape index (κ2) is 7.34. The Morgan fingerprint density at radius 1 is 1.08 bits per heavy atom. The third-order valence-corrected chi connectivity index (χ3v) is 5.01. The highest BCUT2D eigenvalue weighted by Gasteiger charge is 2.31. The van der Waals surface area contributed by atoms with Crippen molar-refractivity contribution in [2.24, 2.45) is 0 Å². The van der Waals surface area contributed by atoms with Crippen LogP contribution in [-0.4, -0.2) is 39.1 Å². The van der Waals surface area contributed by atoms with Gasteiger partial charge in [0.2, 0.25) is 10.0 Å². The van der Waals surface area contributed by atoms with Crippen molar-refractivity contribution in [2.75, 3.05) is 19.4 Å². The molecule has 2 aromatic rings. The summed E-state index contributed by atoms with van der Waals surface area (Å²) >= 11 is 0. The number of carbonyl (C=O) groups is 1. The Hall–Kier alpha value is -2.59. The molecule has 0 aliphatic carbocycles. The molecule has 2 aromatic carbocycles. The van der Waals surface area contributed by atoms with E-state index in [1.807, 2.05) is 0 Å². The van der Waals surface area contributed by atoms with Crippen LogP contribution in [0.3, 0.4) is 0 Å². The molecule has 0 radical (unpaired) electrons. The van der Waals surface area contributed by atoms with Crippen molar-refractivity contribution in [3.05, 3.63) is 54.1 Å². The Morgan fingerprint density at radius 2 is 1.73 bits per heavy atom. The number of rotatable bonds is 5. The van der Waals surface area contributed by atoms with Crippen LogP contribution in [0.2, 0.25) is 0 Å². The number of amides is 1. The van der Waals surface area contributed by atoms with Crippen molar-refractivity contribution >= 4 is 21.6 Å². The highest BCUT2D eigenvalue weighted by Crippen LogP contribution is 2.25. The van der Waals surface area contributed by atoms with Crippen LogP contribution in [0.15, 0.2) is 53.4 Å². The van der Waals surface area contributed by atoms with E-state index in [0.29, 0.717) is 0 Å². The van der Waals surface area contributed by atoms with Crippen LogP contribution in [-0.2, 0) is 10.0 Å². The number of halogens is 3. The second-order valence-corrected chi connectivity index (χ2v) is 7.50. The van der Waals surface area contributed by atoms with Gasteiger partial charge in [0.05, 0.1) is 4.90 Å². The number of sulfonamides is 1. The molecule has 10 heteroatoms. The van der Waals surface area contributed by atoms with Gasteiger partial charge in [-0.15, -0.1) is 13.2 Å². The summed E-state index contributed by atoms with van der Waals surface area (Å²) in [7, 11) is -1.01. The fourth-order valence-corrected chi connectivity index (χ4v) is 2.93. The minimum absolute atomic E-state index is 0.0371. The third kappa shape index (κ3) is 4.96. The molecule has 0 aromatic heterocycles. The van der Waals surface area contributed by atoms with Crippen LogP contribution in [0.25, 0.3) is 0 Å². The average Bonchev–Trinajstić information content (AvgIpc) is 2.53. The number of hydrogen-bond donors (Lipinski definition) is 1. The predicted octanol–water partition coefficient (Wildman–Crippen LogP) is 3.09. The zero-order chi connectivity index (χ0) is 19.5. The number of anilines is 1. The van der Waals surface area contributed by atoms with Crippen molar-refractivity contribution in [3.8, 4) is 5.75 Å². The zero-order valence-electron chi connectivity index (χ0n) is 13.7. The first-order chi connectivity index (χ1) is 12.0. The van der Waals surface area contributed by atoms with Crippen molar-refractivity contribution in [2.45, 2.75) is 11.3 Å². The van der Waals surface area contributed by atoms with E-state index in [-0.39, 0.29) is 16.1 Å². The molecule has 2 rings (SSSR count). The summed E-state index contributed by atoms with van der Waals surface area (Å²) in [5, 5.41) is 2.40. The maximum Gasteiger partial charge on any atom is 0.573 e. The summed E-state index contributed by atoms with van der Waals surface area (Å²) in [4.78, 5) is 12.2. The number of benzene rings is 2. The molecule has 1 N–H and O–H groups in total. The lowest BCUT2D eigenvalue weighted by Crippen LogP contribution is -2.22. The second-order valence-electron chi connectivity index (χ2n) is 5.35. The average molecular weight is 388 g/mol. The number of ether oxygens (including phenoxy) is 1. The van der Waals surface area contributed by atoms with Gasteiger partial charge in [0.1, 0.15) is 5.75 Å². The van der Waals surface area contributed by atoms with Crippen molar-refractivity contribution in [1.82, 2.24) is 4.31 Å². The van der Waals surface area contributed by atoms with Crippen LogP contribution < -0.4 is 10.1 Å². The predicted molar refractivity (Wildman–Crippen MR) is 88.4 cm³/mol. The monoisotopic (exact) mass is 388 g/mol. The quantitative estimate of drug-likeness (QED) is 0.854. The van der Waals surface area contributed by atoms with Gasteiger partial charge >= 0.3 is 6.36 Å². The van der Waals surface area contributed by atoms with E-state index in [9.17, 15) is 26.4 Å². The van der Waals surface area contributed by atoms with E-state index in [1.54, 1.807) is 0 Å². The molecule has 0 spiro atoms. The Kier molecular flexibility index (Phi) is 5.57. The first-order valence-corrected chi connectivity index (χ1v) is 8.63. The van der Waals surface area contributed by atoms with E-state index in [4.69, 9.17) is 0 Å². The van der Waals surface area contributed by atoms with E-state index in [2.05, 4.69) is 10.1 Å². The summed E-state index contributed by atoms with van der Waals surface area (Å²) in [5.41, 5.74) is 0.104. The van der Waals surface area contributed by atoms with Crippen LogP contribution in [0, 0.1) is 0 Å². The Balaban J connectivity index is 2.22. The van der Waals surface area contributed by atoms with Gasteiger partial charge in [-0.2, -0.15) is 0 Å². The molecule has 0 atom stereocenters. The normalized spacial score (nSPS) is 12.1. The summed E-state index contributed by atoms with van der Waals surface area (Å²) in [6, 6.07) is 10.1. The molecule has 0 aliphatic rings. The molecule has 0 fully saturated rings. The number of alkyl halides is 3. The molecule has 0 unspecified atom stereocenters. The van der Waals surface area contributed by atoms with Crippen molar-refractivity contribution in [3.63, 3.8) is 0 Å². The van der Waals surface area contributed by atoms with Crippen LogP contribution in [0.4, 0.5) is 18.9 Å². The molecule has 1 amide bonds. The van der Waals surface area contributed by atoms with Crippen LogP contribution in [0.1, 0.15) is 10.4 Å². The fraction of sp³-hybridized carbons (Fsp3) is 0.188. The molecular weight excluding hydrogens is 373 g/mol. The molecule has 0 aliphatic heterocycles. The topological polar surface area (TPSA) is 75.7 Å². The lowest BCUT2D eigenvalue weighted by atomic mass is 10.2. The minimum Gasteiger partial charge on any atom is -0.406 e. The van der Waals surface area contributed by atoms with Gasteiger partial charge < -0.3 is 10.1 Å². The first-order valence-electron chi connectivity index (χ1n) is 7.19. The standard InChI is InChI=1S/C16H15F3N2O4S/c1-21(2)26(23,24)14-8-3-5-11(9-14)15(22)20-12-6-4-7-13(10-12)25-16(17,18)19/h3-10H,1-2H3,(H,20,22). The molecule has 0 saturated heterocycles. The summed E-state index contributed by atoms with van der Waals surface area (Å²) in [6.45, 7) is 0. The number of nitrogens with one attached hydrogen (secondary N) is 1.